The summed E-state index contributed by atoms with van der Waals surface area (Å²) in [6, 6.07) is 10.3. The quantitative estimate of drug-likeness (QED) is 0.747. The van der Waals surface area contributed by atoms with Gasteiger partial charge in [0.2, 0.25) is 0 Å². The van der Waals surface area contributed by atoms with Crippen molar-refractivity contribution in [3.05, 3.63) is 54.3 Å². The molecule has 0 saturated carbocycles. The maximum absolute atomic E-state index is 13.2. The minimum Gasteiger partial charge on any atom is -0.480 e. The number of carboxylic acid groups (broad SMARTS) is 1. The van der Waals surface area contributed by atoms with Crippen LogP contribution in [0, 0.1) is 11.7 Å². The molecule has 2 aliphatic heterocycles. The Kier molecular flexibility index (Phi) is 5.28. The van der Waals surface area contributed by atoms with Gasteiger partial charge >= 0.3 is 16.0 Å². The van der Waals surface area contributed by atoms with Crippen molar-refractivity contribution in [2.45, 2.75) is 29.9 Å². The molecular weight excluding hydrogens is 401 g/mol. The highest BCUT2D eigenvalue weighted by molar-refractivity contribution is 7.89. The molecule has 0 aromatic heterocycles. The van der Waals surface area contributed by atoms with Gasteiger partial charge in [0.1, 0.15) is 28.3 Å². The SMILES string of the molecule is O=C(O)C1C2CCOC2CCN1S(=O)(=[OH+])c1ccc(Oc2ccc(F)cc2)cc1. The third-order valence-electron chi connectivity index (χ3n) is 5.36. The predicted molar refractivity (Wildman–Crippen MR) is 102 cm³/mol. The summed E-state index contributed by atoms with van der Waals surface area (Å²) in [6.07, 6.45) is 0.879. The van der Waals surface area contributed by atoms with E-state index >= 15 is 0 Å². The van der Waals surface area contributed by atoms with E-state index in [-0.39, 0.29) is 29.3 Å². The fourth-order valence-corrected chi connectivity index (χ4v) is 5.64. The summed E-state index contributed by atoms with van der Waals surface area (Å²) < 4.78 is 49.4. The maximum atomic E-state index is 13.2. The van der Waals surface area contributed by atoms with Crippen molar-refractivity contribution in [3.8, 4) is 11.5 Å². The Morgan fingerprint density at radius 1 is 1.14 bits per heavy atom. The second kappa shape index (κ2) is 7.74. The van der Waals surface area contributed by atoms with E-state index in [2.05, 4.69) is 0 Å². The molecule has 2 heterocycles. The molecule has 0 spiro atoms. The average molecular weight is 422 g/mol. The highest BCUT2D eigenvalue weighted by Crippen LogP contribution is 2.37. The number of carbonyl (C=O) groups is 1. The Labute approximate surface area is 167 Å². The highest BCUT2D eigenvalue weighted by Gasteiger charge is 2.51. The second-order valence-electron chi connectivity index (χ2n) is 7.10. The molecule has 154 valence electrons. The second-order valence-corrected chi connectivity index (χ2v) is 9.03. The first kappa shape index (κ1) is 19.8. The number of hydrogen-bond acceptors (Lipinski definition) is 4. The van der Waals surface area contributed by atoms with Crippen LogP contribution in [-0.2, 0) is 19.6 Å². The smallest absolute Gasteiger partial charge is 0.376 e. The van der Waals surface area contributed by atoms with Gasteiger partial charge in [-0.05, 0) is 61.4 Å². The van der Waals surface area contributed by atoms with Crippen LogP contribution in [0.2, 0.25) is 0 Å². The molecule has 4 rings (SSSR count). The molecule has 2 aromatic carbocycles. The maximum Gasteiger partial charge on any atom is 0.376 e. The monoisotopic (exact) mass is 422 g/mol. The number of halogens is 1. The molecule has 29 heavy (non-hydrogen) atoms. The zero-order valence-electron chi connectivity index (χ0n) is 15.4. The van der Waals surface area contributed by atoms with Crippen LogP contribution in [0.3, 0.4) is 0 Å². The lowest BCUT2D eigenvalue weighted by Gasteiger charge is -2.36. The van der Waals surface area contributed by atoms with E-state index in [4.69, 9.17) is 9.47 Å². The number of fused-ring (bicyclic) bond motifs is 1. The average Bonchev–Trinajstić information content (AvgIpc) is 3.18. The molecule has 0 amide bonds. The Morgan fingerprint density at radius 2 is 1.76 bits per heavy atom. The topological polar surface area (TPSA) is 97.5 Å². The molecule has 4 atom stereocenters. The lowest BCUT2D eigenvalue weighted by Crippen LogP contribution is -2.55. The van der Waals surface area contributed by atoms with Gasteiger partial charge in [-0.1, -0.05) is 0 Å². The van der Waals surface area contributed by atoms with Crippen LogP contribution in [-0.4, -0.2) is 49.1 Å². The minimum atomic E-state index is -3.75. The molecule has 0 aliphatic carbocycles. The van der Waals surface area contributed by atoms with Crippen LogP contribution in [0.4, 0.5) is 4.39 Å². The van der Waals surface area contributed by atoms with Gasteiger partial charge in [0.25, 0.3) is 0 Å². The number of ether oxygens (including phenoxy) is 2. The Bertz CT molecular complexity index is 993. The Morgan fingerprint density at radius 3 is 2.38 bits per heavy atom. The van der Waals surface area contributed by atoms with Crippen molar-refractivity contribution >= 4 is 16.0 Å². The molecule has 4 unspecified atom stereocenters. The third-order valence-corrected chi connectivity index (χ3v) is 7.29. The molecule has 2 aromatic rings. The standard InChI is InChI=1S/C20H20FNO6S/c21-13-1-3-14(4-2-13)28-15-5-7-16(8-6-15)29(25,26)22-11-9-18-17(10-12-27-18)19(22)20(23)24/h1-8,17-19H,9-12H2,(H,23,24)/p+1. The fourth-order valence-electron chi connectivity index (χ4n) is 3.97. The molecule has 2 N–H and O–H groups in total. The van der Waals surface area contributed by atoms with Gasteiger partial charge in [-0.15, -0.1) is 4.31 Å². The van der Waals surface area contributed by atoms with Crippen LogP contribution >= 0.6 is 0 Å². The largest absolute Gasteiger partial charge is 0.480 e. The Balaban J connectivity index is 1.56. The molecule has 2 aliphatic rings. The van der Waals surface area contributed by atoms with Crippen molar-refractivity contribution in [2.24, 2.45) is 5.92 Å². The van der Waals surface area contributed by atoms with Crippen LogP contribution in [0.1, 0.15) is 12.8 Å². The van der Waals surface area contributed by atoms with Gasteiger partial charge in [0.05, 0.1) is 6.10 Å². The summed E-state index contributed by atoms with van der Waals surface area (Å²) in [6.45, 7) is 0.621. The number of piperidine rings is 1. The van der Waals surface area contributed by atoms with Crippen molar-refractivity contribution < 1.29 is 32.2 Å². The molecule has 7 nitrogen and oxygen atoms in total. The Hall–Kier alpha value is -2.49. The number of rotatable bonds is 5. The summed E-state index contributed by atoms with van der Waals surface area (Å²) in [5.41, 5.74) is 0. The van der Waals surface area contributed by atoms with E-state index in [0.29, 0.717) is 30.9 Å². The molecular formula is C20H21FNO6S+. The van der Waals surface area contributed by atoms with Gasteiger partial charge in [0, 0.05) is 19.1 Å². The van der Waals surface area contributed by atoms with Gasteiger partial charge in [-0.2, -0.15) is 4.21 Å². The molecule has 0 radical (unpaired) electrons. The van der Waals surface area contributed by atoms with E-state index in [1.165, 1.54) is 52.8 Å². The third kappa shape index (κ3) is 3.85. The van der Waals surface area contributed by atoms with Crippen LogP contribution < -0.4 is 4.74 Å². The van der Waals surface area contributed by atoms with Gasteiger partial charge in [0.15, 0.2) is 0 Å². The fraction of sp³-hybridized carbons (Fsp3) is 0.350. The van der Waals surface area contributed by atoms with Crippen molar-refractivity contribution in [1.29, 1.82) is 0 Å². The van der Waals surface area contributed by atoms with E-state index in [9.17, 15) is 22.7 Å². The first-order valence-corrected chi connectivity index (χ1v) is 10.7. The van der Waals surface area contributed by atoms with E-state index in [0.717, 1.165) is 0 Å². The lowest BCUT2D eigenvalue weighted by molar-refractivity contribution is -0.146. The minimum absolute atomic E-state index is 0.104. The van der Waals surface area contributed by atoms with Crippen molar-refractivity contribution in [3.63, 3.8) is 0 Å². The van der Waals surface area contributed by atoms with Crippen molar-refractivity contribution in [2.75, 3.05) is 13.2 Å². The summed E-state index contributed by atoms with van der Waals surface area (Å²) in [5, 5.41) is 9.71. The highest BCUT2D eigenvalue weighted by atomic mass is 32.2. The number of carboxylic acids is 1. The van der Waals surface area contributed by atoms with Gasteiger partial charge in [-0.25, -0.2) is 8.60 Å². The molecule has 9 heteroatoms. The van der Waals surface area contributed by atoms with E-state index in [1.54, 1.807) is 0 Å². The first-order chi connectivity index (χ1) is 13.9. The number of nitrogens with zero attached hydrogens (tertiary/aromatic N) is 1. The zero-order valence-corrected chi connectivity index (χ0v) is 16.3. The summed E-state index contributed by atoms with van der Waals surface area (Å²) >= 11 is 0. The van der Waals surface area contributed by atoms with Crippen LogP contribution in [0.25, 0.3) is 0 Å². The number of benzene rings is 2. The van der Waals surface area contributed by atoms with Gasteiger partial charge < -0.3 is 14.6 Å². The summed E-state index contributed by atoms with van der Waals surface area (Å²) in [4.78, 5) is 12.0. The summed E-state index contributed by atoms with van der Waals surface area (Å²) in [5.74, 6) is -0.970. The lowest BCUT2D eigenvalue weighted by atomic mass is 9.88. The van der Waals surface area contributed by atoms with E-state index in [1.807, 2.05) is 0 Å². The number of hydrogen-bond donors (Lipinski definition) is 1. The molecule has 0 bridgehead atoms. The van der Waals surface area contributed by atoms with Crippen LogP contribution in [0.15, 0.2) is 53.4 Å². The zero-order chi connectivity index (χ0) is 20.6. The predicted octanol–water partition coefficient (Wildman–Crippen LogP) is 3.03. The normalized spacial score (nSPS) is 26.4. The first-order valence-electron chi connectivity index (χ1n) is 9.27. The number of aliphatic carboxylic acids is 1. The van der Waals surface area contributed by atoms with Crippen molar-refractivity contribution in [1.82, 2.24) is 4.31 Å². The molecule has 2 saturated heterocycles. The summed E-state index contributed by atoms with van der Waals surface area (Å²) in [7, 11) is -3.75. The van der Waals surface area contributed by atoms with E-state index < -0.39 is 22.0 Å². The van der Waals surface area contributed by atoms with Gasteiger partial charge in [-0.3, -0.25) is 4.79 Å². The molecule has 2 fully saturated rings. The van der Waals surface area contributed by atoms with Crippen LogP contribution in [0.5, 0.6) is 11.5 Å².